The number of piperidine rings is 1. The molecule has 0 radical (unpaired) electrons. The summed E-state index contributed by atoms with van der Waals surface area (Å²) in [6.45, 7) is 7.44. The van der Waals surface area contributed by atoms with Crippen molar-refractivity contribution in [2.75, 3.05) is 19.6 Å². The summed E-state index contributed by atoms with van der Waals surface area (Å²) in [7, 11) is 0. The van der Waals surface area contributed by atoms with Crippen molar-refractivity contribution in [3.8, 4) is 0 Å². The third-order valence-corrected chi connectivity index (χ3v) is 6.71. The maximum Gasteiger partial charge on any atom is 0.234 e. The molecule has 1 aliphatic carbocycles. The quantitative estimate of drug-likeness (QED) is 0.759. The van der Waals surface area contributed by atoms with Crippen molar-refractivity contribution in [1.82, 2.24) is 10.2 Å². The smallest absolute Gasteiger partial charge is 0.234 e. The van der Waals surface area contributed by atoms with Gasteiger partial charge in [0.15, 0.2) is 0 Å². The van der Waals surface area contributed by atoms with Crippen LogP contribution in [0.5, 0.6) is 0 Å². The first-order valence-corrected chi connectivity index (χ1v) is 9.64. The molecule has 0 bridgehead atoms. The van der Waals surface area contributed by atoms with Gasteiger partial charge in [-0.2, -0.15) is 0 Å². The summed E-state index contributed by atoms with van der Waals surface area (Å²) < 4.78 is 0. The normalized spacial score (nSPS) is 24.8. The van der Waals surface area contributed by atoms with E-state index in [-0.39, 0.29) is 16.3 Å². The number of carbonyl (C=O) groups is 1. The molecule has 2 aliphatic rings. The van der Waals surface area contributed by atoms with Gasteiger partial charge < -0.3 is 5.32 Å². The monoisotopic (exact) mass is 358 g/mol. The van der Waals surface area contributed by atoms with Crippen LogP contribution in [0.3, 0.4) is 0 Å². The van der Waals surface area contributed by atoms with Crippen LogP contribution in [-0.4, -0.2) is 40.8 Å². The second-order valence-electron chi connectivity index (χ2n) is 7.20. The van der Waals surface area contributed by atoms with Crippen LogP contribution >= 0.6 is 15.9 Å². The zero-order valence-corrected chi connectivity index (χ0v) is 15.3. The highest BCUT2D eigenvalue weighted by molar-refractivity contribution is 9.10. The third-order valence-electron chi connectivity index (χ3n) is 5.24. The Morgan fingerprint density at radius 3 is 2.24 bits per heavy atom. The Morgan fingerprint density at radius 2 is 1.67 bits per heavy atom. The number of hydrogen-bond acceptors (Lipinski definition) is 2. The molecule has 3 nitrogen and oxygen atoms in total. The maximum atomic E-state index is 12.3. The van der Waals surface area contributed by atoms with Gasteiger partial charge in [0, 0.05) is 12.1 Å². The summed E-state index contributed by atoms with van der Waals surface area (Å²) in [6.07, 6.45) is 10.5. The molecule has 1 saturated heterocycles. The lowest BCUT2D eigenvalue weighted by Gasteiger charge is -2.48. The highest BCUT2D eigenvalue weighted by atomic mass is 79.9. The first-order chi connectivity index (χ1) is 10.1. The summed E-state index contributed by atoms with van der Waals surface area (Å²) in [6, 6.07) is 0. The number of likely N-dealkylation sites (tertiary alicyclic amines) is 1. The van der Waals surface area contributed by atoms with Crippen molar-refractivity contribution in [3.05, 3.63) is 0 Å². The Morgan fingerprint density at radius 1 is 1.10 bits per heavy atom. The van der Waals surface area contributed by atoms with Crippen LogP contribution < -0.4 is 5.32 Å². The van der Waals surface area contributed by atoms with E-state index in [1.165, 1.54) is 64.5 Å². The number of carbonyl (C=O) groups excluding carboxylic acids is 1. The van der Waals surface area contributed by atoms with Crippen LogP contribution in [0.4, 0.5) is 0 Å². The summed E-state index contributed by atoms with van der Waals surface area (Å²) in [4.78, 5) is 14.9. The first kappa shape index (κ1) is 17.3. The number of nitrogens with zero attached hydrogens (tertiary/aromatic N) is 1. The van der Waals surface area contributed by atoms with E-state index in [0.717, 1.165) is 6.54 Å². The summed E-state index contributed by atoms with van der Waals surface area (Å²) >= 11 is 3.52. The number of rotatable bonds is 5. The highest BCUT2D eigenvalue weighted by Crippen LogP contribution is 2.35. The molecule has 1 N–H and O–H groups in total. The lowest BCUT2D eigenvalue weighted by atomic mass is 9.79. The number of hydrogen-bond donors (Lipinski definition) is 1. The minimum Gasteiger partial charge on any atom is -0.353 e. The average molecular weight is 359 g/mol. The summed E-state index contributed by atoms with van der Waals surface area (Å²) in [5.74, 6) is 0.495. The van der Waals surface area contributed by atoms with Crippen molar-refractivity contribution in [2.24, 2.45) is 5.92 Å². The van der Waals surface area contributed by atoms with Crippen LogP contribution in [0.25, 0.3) is 0 Å². The van der Waals surface area contributed by atoms with Gasteiger partial charge in [0.1, 0.15) is 0 Å². The van der Waals surface area contributed by atoms with Gasteiger partial charge in [-0.1, -0.05) is 55.5 Å². The average Bonchev–Trinajstić information content (AvgIpc) is 2.53. The lowest BCUT2D eigenvalue weighted by Crippen LogP contribution is -2.58. The second kappa shape index (κ2) is 7.96. The van der Waals surface area contributed by atoms with E-state index >= 15 is 0 Å². The van der Waals surface area contributed by atoms with Gasteiger partial charge in [0.2, 0.25) is 5.91 Å². The molecule has 0 aromatic carbocycles. The fourth-order valence-corrected chi connectivity index (χ4v) is 4.00. The largest absolute Gasteiger partial charge is 0.353 e. The van der Waals surface area contributed by atoms with E-state index in [1.807, 2.05) is 0 Å². The van der Waals surface area contributed by atoms with Crippen molar-refractivity contribution in [2.45, 2.75) is 75.6 Å². The van der Waals surface area contributed by atoms with Gasteiger partial charge in [-0.15, -0.1) is 0 Å². The molecule has 4 heteroatoms. The van der Waals surface area contributed by atoms with Crippen LogP contribution in [0.2, 0.25) is 0 Å². The maximum absolute atomic E-state index is 12.3. The molecule has 21 heavy (non-hydrogen) atoms. The Kier molecular flexibility index (Phi) is 6.54. The fraction of sp³-hybridized carbons (Fsp3) is 0.941. The molecule has 0 spiro atoms. The fourth-order valence-electron chi connectivity index (χ4n) is 3.83. The molecule has 1 aliphatic heterocycles. The predicted molar refractivity (Wildman–Crippen MR) is 91.8 cm³/mol. The Bertz CT molecular complexity index is 334. The SMILES string of the molecule is CC(C)C(Br)C(=O)NCC1(N2CCCCC2)CCCCC1. The Hall–Kier alpha value is -0.0900. The van der Waals surface area contributed by atoms with E-state index < -0.39 is 0 Å². The number of nitrogens with one attached hydrogen (secondary N) is 1. The molecule has 1 heterocycles. The standard InChI is InChI=1S/C17H31BrN2O/c1-14(2)15(18)16(21)19-13-17(9-5-3-6-10-17)20-11-7-4-8-12-20/h14-15H,3-13H2,1-2H3,(H,19,21). The summed E-state index contributed by atoms with van der Waals surface area (Å²) in [5.41, 5.74) is 0.234. The second-order valence-corrected chi connectivity index (χ2v) is 8.18. The highest BCUT2D eigenvalue weighted by Gasteiger charge is 2.38. The zero-order chi connectivity index (χ0) is 15.3. The zero-order valence-electron chi connectivity index (χ0n) is 13.7. The van der Waals surface area contributed by atoms with Crippen LogP contribution in [0.1, 0.15) is 65.2 Å². The molecule has 1 atom stereocenters. The molecule has 1 amide bonds. The number of halogens is 1. The van der Waals surface area contributed by atoms with E-state index in [1.54, 1.807) is 0 Å². The lowest BCUT2D eigenvalue weighted by molar-refractivity contribution is -0.122. The first-order valence-electron chi connectivity index (χ1n) is 8.72. The van der Waals surface area contributed by atoms with Crippen molar-refractivity contribution >= 4 is 21.8 Å². The Balaban J connectivity index is 1.97. The molecule has 1 saturated carbocycles. The van der Waals surface area contributed by atoms with Gasteiger partial charge in [0.25, 0.3) is 0 Å². The van der Waals surface area contributed by atoms with Crippen LogP contribution in [0, 0.1) is 5.92 Å². The van der Waals surface area contributed by atoms with Gasteiger partial charge in [-0.25, -0.2) is 0 Å². The molecule has 2 fully saturated rings. The minimum atomic E-state index is -0.0699. The topological polar surface area (TPSA) is 32.3 Å². The van der Waals surface area contributed by atoms with E-state index in [0.29, 0.717) is 5.92 Å². The number of alkyl halides is 1. The van der Waals surface area contributed by atoms with Gasteiger partial charge in [0.05, 0.1) is 4.83 Å². The van der Waals surface area contributed by atoms with E-state index in [9.17, 15) is 4.79 Å². The van der Waals surface area contributed by atoms with E-state index in [2.05, 4.69) is 40.0 Å². The van der Waals surface area contributed by atoms with Crippen molar-refractivity contribution in [3.63, 3.8) is 0 Å². The van der Waals surface area contributed by atoms with Crippen molar-refractivity contribution in [1.29, 1.82) is 0 Å². The molecule has 2 rings (SSSR count). The van der Waals surface area contributed by atoms with Crippen molar-refractivity contribution < 1.29 is 4.79 Å². The molecule has 0 aromatic rings. The van der Waals surface area contributed by atoms with Gasteiger partial charge in [-0.3, -0.25) is 9.69 Å². The minimum absolute atomic E-state index is 0.0699. The summed E-state index contributed by atoms with van der Waals surface area (Å²) in [5, 5.41) is 3.24. The molecular weight excluding hydrogens is 328 g/mol. The predicted octanol–water partition coefficient (Wildman–Crippen LogP) is 3.71. The molecule has 122 valence electrons. The molecular formula is C17H31BrN2O. The van der Waals surface area contributed by atoms with Crippen LogP contribution in [0.15, 0.2) is 0 Å². The molecule has 0 aromatic heterocycles. The molecule has 1 unspecified atom stereocenters. The third kappa shape index (κ3) is 4.44. The van der Waals surface area contributed by atoms with Crippen LogP contribution in [-0.2, 0) is 4.79 Å². The number of amides is 1. The van der Waals surface area contributed by atoms with Gasteiger partial charge >= 0.3 is 0 Å². The van der Waals surface area contributed by atoms with E-state index in [4.69, 9.17) is 0 Å². The Labute approximate surface area is 138 Å². The van der Waals surface area contributed by atoms with Gasteiger partial charge in [-0.05, 0) is 44.7 Å².